The summed E-state index contributed by atoms with van der Waals surface area (Å²) >= 11 is 0. The first-order valence-corrected chi connectivity index (χ1v) is 9.30. The van der Waals surface area contributed by atoms with Crippen LogP contribution in [0.3, 0.4) is 0 Å². The minimum Gasteiger partial charge on any atom is -0.355 e. The van der Waals surface area contributed by atoms with Crippen molar-refractivity contribution in [3.8, 4) is 0 Å². The van der Waals surface area contributed by atoms with Crippen molar-refractivity contribution in [1.82, 2.24) is 20.3 Å². The van der Waals surface area contributed by atoms with Gasteiger partial charge in [0.25, 0.3) is 0 Å². The van der Waals surface area contributed by atoms with E-state index in [1.165, 1.54) is 29.2 Å². The molecule has 3 aromatic rings. The van der Waals surface area contributed by atoms with Crippen LogP contribution < -0.4 is 10.2 Å². The molecule has 134 valence electrons. The molecule has 4 rings (SSSR count). The van der Waals surface area contributed by atoms with Gasteiger partial charge in [0.15, 0.2) is 0 Å². The molecule has 0 spiro atoms. The highest BCUT2D eigenvalue weighted by Gasteiger charge is 2.18. The number of nitrogens with zero attached hydrogens (tertiary/aromatic N) is 4. The summed E-state index contributed by atoms with van der Waals surface area (Å²) < 4.78 is 0. The highest BCUT2D eigenvalue weighted by atomic mass is 15.2. The first-order chi connectivity index (χ1) is 12.7. The third-order valence-corrected chi connectivity index (χ3v) is 5.13. The van der Waals surface area contributed by atoms with E-state index in [9.17, 15) is 0 Å². The maximum Gasteiger partial charge on any atom is 0.132 e. The molecule has 3 heterocycles. The van der Waals surface area contributed by atoms with E-state index in [0.717, 1.165) is 37.0 Å². The van der Waals surface area contributed by atoms with Crippen LogP contribution in [-0.4, -0.2) is 35.1 Å². The Morgan fingerprint density at radius 2 is 2.15 bits per heavy atom. The molecule has 0 bridgehead atoms. The second-order valence-electron chi connectivity index (χ2n) is 7.11. The fourth-order valence-corrected chi connectivity index (χ4v) is 3.75. The van der Waals surface area contributed by atoms with Crippen LogP contribution in [0.5, 0.6) is 0 Å². The predicted octanol–water partition coefficient (Wildman–Crippen LogP) is 3.44. The lowest BCUT2D eigenvalue weighted by Crippen LogP contribution is -2.29. The summed E-state index contributed by atoms with van der Waals surface area (Å²) in [5.74, 6) is 2.32. The standard InChI is InChI=1S/C21H25N5/c1-15-24-20(17-7-4-9-22-13-17)11-21(25-15)26(2)14-18-6-3-5-16-12-23-10-8-19(16)18/h3,5-6,8,10-12,17,22H,4,7,9,13-14H2,1-2H3/t17-/m0/s1. The molecule has 1 N–H and O–H groups in total. The number of aryl methyl sites for hydroxylation is 1. The van der Waals surface area contributed by atoms with E-state index in [0.29, 0.717) is 5.92 Å². The molecule has 1 aliphatic rings. The number of anilines is 1. The lowest BCUT2D eigenvalue weighted by atomic mass is 9.96. The van der Waals surface area contributed by atoms with E-state index in [2.05, 4.69) is 57.6 Å². The van der Waals surface area contributed by atoms with Crippen LogP contribution in [0.15, 0.2) is 42.7 Å². The van der Waals surface area contributed by atoms with Crippen LogP contribution in [0, 0.1) is 6.92 Å². The number of aromatic nitrogens is 3. The predicted molar refractivity (Wildman–Crippen MR) is 105 cm³/mol. The zero-order valence-corrected chi connectivity index (χ0v) is 15.4. The largest absolute Gasteiger partial charge is 0.355 e. The quantitative estimate of drug-likeness (QED) is 0.783. The molecule has 1 aromatic carbocycles. The monoisotopic (exact) mass is 347 g/mol. The Bertz CT molecular complexity index is 897. The van der Waals surface area contributed by atoms with Gasteiger partial charge < -0.3 is 10.2 Å². The molecule has 1 saturated heterocycles. The van der Waals surface area contributed by atoms with Gasteiger partial charge in [-0.25, -0.2) is 9.97 Å². The Morgan fingerprint density at radius 3 is 3.00 bits per heavy atom. The van der Waals surface area contributed by atoms with Gasteiger partial charge >= 0.3 is 0 Å². The molecule has 26 heavy (non-hydrogen) atoms. The van der Waals surface area contributed by atoms with Crippen molar-refractivity contribution in [3.05, 3.63) is 59.8 Å². The number of piperidine rings is 1. The van der Waals surface area contributed by atoms with Crippen LogP contribution in [0.2, 0.25) is 0 Å². The smallest absolute Gasteiger partial charge is 0.132 e. The highest BCUT2D eigenvalue weighted by molar-refractivity contribution is 5.84. The van der Waals surface area contributed by atoms with Crippen LogP contribution >= 0.6 is 0 Å². The summed E-state index contributed by atoms with van der Waals surface area (Å²) in [5.41, 5.74) is 2.44. The SMILES string of the molecule is Cc1nc([C@H]2CCCNC2)cc(N(C)Cc2cccc3cnccc23)n1. The number of rotatable bonds is 4. The maximum absolute atomic E-state index is 4.71. The summed E-state index contributed by atoms with van der Waals surface area (Å²) in [6.45, 7) is 4.92. The molecule has 5 nitrogen and oxygen atoms in total. The summed E-state index contributed by atoms with van der Waals surface area (Å²) in [7, 11) is 2.10. The summed E-state index contributed by atoms with van der Waals surface area (Å²) in [6, 6.07) is 10.6. The van der Waals surface area contributed by atoms with E-state index in [4.69, 9.17) is 4.98 Å². The highest BCUT2D eigenvalue weighted by Crippen LogP contribution is 2.26. The van der Waals surface area contributed by atoms with Crippen molar-refractivity contribution in [2.24, 2.45) is 0 Å². The lowest BCUT2D eigenvalue weighted by molar-refractivity contribution is 0.453. The zero-order chi connectivity index (χ0) is 17.9. The van der Waals surface area contributed by atoms with E-state index in [1.807, 2.05) is 19.3 Å². The number of hydrogen-bond donors (Lipinski definition) is 1. The van der Waals surface area contributed by atoms with Gasteiger partial charge in [0.1, 0.15) is 11.6 Å². The van der Waals surface area contributed by atoms with Crippen molar-refractivity contribution in [2.75, 3.05) is 25.0 Å². The second-order valence-corrected chi connectivity index (χ2v) is 7.11. The fraction of sp³-hybridized carbons (Fsp3) is 0.381. The maximum atomic E-state index is 4.71. The van der Waals surface area contributed by atoms with Crippen molar-refractivity contribution in [3.63, 3.8) is 0 Å². The average molecular weight is 347 g/mol. The van der Waals surface area contributed by atoms with Gasteiger partial charge in [0.05, 0.1) is 5.69 Å². The van der Waals surface area contributed by atoms with Crippen LogP contribution in [0.4, 0.5) is 5.82 Å². The molecular weight excluding hydrogens is 322 g/mol. The van der Waals surface area contributed by atoms with Gasteiger partial charge in [0.2, 0.25) is 0 Å². The molecule has 5 heteroatoms. The van der Waals surface area contributed by atoms with Gasteiger partial charge in [-0.15, -0.1) is 0 Å². The van der Waals surface area contributed by atoms with Crippen LogP contribution in [0.25, 0.3) is 10.8 Å². The molecular formula is C21H25N5. The topological polar surface area (TPSA) is 53.9 Å². The van der Waals surface area contributed by atoms with Crippen molar-refractivity contribution in [1.29, 1.82) is 0 Å². The molecule has 0 radical (unpaired) electrons. The minimum absolute atomic E-state index is 0.487. The van der Waals surface area contributed by atoms with E-state index in [1.54, 1.807) is 0 Å². The second kappa shape index (κ2) is 7.38. The Balaban J connectivity index is 1.61. The first kappa shape index (κ1) is 16.9. The summed E-state index contributed by atoms with van der Waals surface area (Å²) in [6.07, 6.45) is 6.18. The summed E-state index contributed by atoms with van der Waals surface area (Å²) in [5, 5.41) is 5.90. The Labute approximate surface area is 154 Å². The molecule has 1 fully saturated rings. The molecule has 1 atom stereocenters. The Hall–Kier alpha value is -2.53. The van der Waals surface area contributed by atoms with Gasteiger partial charge in [-0.3, -0.25) is 4.98 Å². The number of nitrogens with one attached hydrogen (secondary N) is 1. The van der Waals surface area contributed by atoms with Gasteiger partial charge in [-0.1, -0.05) is 18.2 Å². The van der Waals surface area contributed by atoms with E-state index >= 15 is 0 Å². The molecule has 0 saturated carbocycles. The number of fused-ring (bicyclic) bond motifs is 1. The normalized spacial score (nSPS) is 17.4. The van der Waals surface area contributed by atoms with Crippen molar-refractivity contribution >= 4 is 16.6 Å². The first-order valence-electron chi connectivity index (χ1n) is 9.30. The van der Waals surface area contributed by atoms with Crippen molar-refractivity contribution in [2.45, 2.75) is 32.2 Å². The number of hydrogen-bond acceptors (Lipinski definition) is 5. The Kier molecular flexibility index (Phi) is 4.80. The van der Waals surface area contributed by atoms with Gasteiger partial charge in [-0.05, 0) is 43.3 Å². The minimum atomic E-state index is 0.487. The third-order valence-electron chi connectivity index (χ3n) is 5.13. The molecule has 0 unspecified atom stereocenters. The number of pyridine rings is 1. The van der Waals surface area contributed by atoms with Gasteiger partial charge in [-0.2, -0.15) is 0 Å². The van der Waals surface area contributed by atoms with Gasteiger partial charge in [0, 0.05) is 49.9 Å². The average Bonchev–Trinajstić information content (AvgIpc) is 2.68. The molecule has 0 aliphatic carbocycles. The Morgan fingerprint density at radius 1 is 1.23 bits per heavy atom. The van der Waals surface area contributed by atoms with Crippen molar-refractivity contribution < 1.29 is 0 Å². The van der Waals surface area contributed by atoms with Crippen LogP contribution in [-0.2, 0) is 6.54 Å². The molecule has 1 aliphatic heterocycles. The van der Waals surface area contributed by atoms with Crippen LogP contribution in [0.1, 0.15) is 35.8 Å². The number of benzene rings is 1. The lowest BCUT2D eigenvalue weighted by Gasteiger charge is -2.25. The molecule has 0 amide bonds. The summed E-state index contributed by atoms with van der Waals surface area (Å²) in [4.78, 5) is 15.8. The van der Waals surface area contributed by atoms with E-state index < -0.39 is 0 Å². The fourth-order valence-electron chi connectivity index (χ4n) is 3.75. The van der Waals surface area contributed by atoms with E-state index in [-0.39, 0.29) is 0 Å². The third kappa shape index (κ3) is 3.53. The zero-order valence-electron chi connectivity index (χ0n) is 15.4. The molecule has 2 aromatic heterocycles.